The van der Waals surface area contributed by atoms with Crippen molar-refractivity contribution in [2.24, 2.45) is 0 Å². The first-order valence-corrected chi connectivity index (χ1v) is 12.1. The molecule has 0 aromatic heterocycles. The molecule has 2 rings (SSSR count). The Bertz CT molecular complexity index is 517. The summed E-state index contributed by atoms with van der Waals surface area (Å²) in [7, 11) is -0.0757. The fourth-order valence-electron chi connectivity index (χ4n) is 2.44. The molecule has 0 N–H and O–H groups in total. The highest BCUT2D eigenvalue weighted by molar-refractivity contribution is 6.74. The van der Waals surface area contributed by atoms with Gasteiger partial charge >= 0.3 is 0 Å². The third kappa shape index (κ3) is 6.41. The maximum absolute atomic E-state index is 6.56. The van der Waals surface area contributed by atoms with Gasteiger partial charge in [-0.15, -0.1) is 0 Å². The van der Waals surface area contributed by atoms with Crippen LogP contribution in [0.4, 0.5) is 0 Å². The fraction of sp³-hybridized carbons (Fsp3) is 0.700. The topological polar surface area (TPSA) is 40.2 Å². The van der Waals surface area contributed by atoms with E-state index in [2.05, 4.69) is 33.9 Å². The van der Waals surface area contributed by atoms with Crippen molar-refractivity contribution < 1.29 is 18.6 Å². The van der Waals surface area contributed by atoms with Gasteiger partial charge in [-0.25, -0.2) is 0 Å². The lowest BCUT2D eigenvalue weighted by Crippen LogP contribution is -2.45. The Labute approximate surface area is 153 Å². The first kappa shape index (κ1) is 20.4. The highest BCUT2D eigenvalue weighted by Crippen LogP contribution is 2.39. The lowest BCUT2D eigenvalue weighted by molar-refractivity contribution is 0.0899. The molecule has 5 heteroatoms. The highest BCUT2D eigenvalue weighted by Gasteiger charge is 2.43. The van der Waals surface area contributed by atoms with Crippen LogP contribution in [0, 0.1) is 0 Å². The zero-order chi connectivity index (χ0) is 18.5. The number of methoxy groups -OCH3 is 1. The Kier molecular flexibility index (Phi) is 7.08. The molecule has 0 aliphatic carbocycles. The van der Waals surface area contributed by atoms with Crippen molar-refractivity contribution >= 4 is 8.32 Å². The van der Waals surface area contributed by atoms with E-state index in [1.54, 1.807) is 7.11 Å². The third-order valence-electron chi connectivity index (χ3n) is 5.23. The number of hydrogen-bond acceptors (Lipinski definition) is 4. The van der Waals surface area contributed by atoms with Gasteiger partial charge in [0.25, 0.3) is 0 Å². The minimum Gasteiger partial charge on any atom is -0.497 e. The summed E-state index contributed by atoms with van der Waals surface area (Å²) in [5, 5.41) is 0.227. The van der Waals surface area contributed by atoms with Crippen molar-refractivity contribution in [3.05, 3.63) is 29.8 Å². The van der Waals surface area contributed by atoms with Crippen molar-refractivity contribution in [3.8, 4) is 5.75 Å². The Balaban J connectivity index is 1.71. The molecule has 1 aliphatic rings. The summed E-state index contributed by atoms with van der Waals surface area (Å²) in [6.45, 7) is 13.7. The molecule has 25 heavy (non-hydrogen) atoms. The molecule has 2 atom stereocenters. The average Bonchev–Trinajstić information content (AvgIpc) is 3.37. The quantitative estimate of drug-likeness (QED) is 0.339. The van der Waals surface area contributed by atoms with Crippen LogP contribution >= 0.6 is 0 Å². The Morgan fingerprint density at radius 2 is 1.84 bits per heavy atom. The van der Waals surface area contributed by atoms with Crippen molar-refractivity contribution in [2.75, 3.05) is 20.3 Å². The van der Waals surface area contributed by atoms with Crippen molar-refractivity contribution in [1.82, 2.24) is 0 Å². The predicted octanol–water partition coefficient (Wildman–Crippen LogP) is 4.78. The summed E-state index contributed by atoms with van der Waals surface area (Å²) in [6.07, 6.45) is 2.50. The predicted molar refractivity (Wildman–Crippen MR) is 104 cm³/mol. The molecular formula is C20H34O4Si. The second kappa shape index (κ2) is 8.67. The van der Waals surface area contributed by atoms with Crippen molar-refractivity contribution in [3.63, 3.8) is 0 Å². The highest BCUT2D eigenvalue weighted by atomic mass is 28.4. The van der Waals surface area contributed by atoms with Crippen LogP contribution in [0.3, 0.4) is 0 Å². The van der Waals surface area contributed by atoms with Gasteiger partial charge in [-0.3, -0.25) is 0 Å². The molecule has 1 saturated heterocycles. The molecule has 142 valence electrons. The van der Waals surface area contributed by atoms with Gasteiger partial charge in [0.1, 0.15) is 11.9 Å². The molecule has 1 heterocycles. The van der Waals surface area contributed by atoms with Crippen molar-refractivity contribution in [1.29, 1.82) is 0 Å². The minimum absolute atomic E-state index is 0.213. The van der Waals surface area contributed by atoms with Crippen LogP contribution in [-0.4, -0.2) is 40.8 Å². The van der Waals surface area contributed by atoms with Crippen LogP contribution in [0.2, 0.25) is 18.1 Å². The van der Waals surface area contributed by atoms with Gasteiger partial charge in [-0.2, -0.15) is 0 Å². The summed E-state index contributed by atoms with van der Waals surface area (Å²) in [5.41, 5.74) is 1.17. The van der Waals surface area contributed by atoms with Crippen molar-refractivity contribution in [2.45, 2.75) is 70.6 Å². The maximum Gasteiger partial charge on any atom is 0.192 e. The van der Waals surface area contributed by atoms with E-state index in [1.165, 1.54) is 5.56 Å². The summed E-state index contributed by atoms with van der Waals surface area (Å²) in [6, 6.07) is 8.01. The molecule has 0 spiro atoms. The normalized spacial score (nSPS) is 18.9. The summed E-state index contributed by atoms with van der Waals surface area (Å²) < 4.78 is 23.1. The Morgan fingerprint density at radius 1 is 1.20 bits per heavy atom. The van der Waals surface area contributed by atoms with Gasteiger partial charge in [0, 0.05) is 6.61 Å². The number of epoxide rings is 1. The van der Waals surface area contributed by atoms with E-state index in [0.717, 1.165) is 31.8 Å². The second-order valence-corrected chi connectivity index (χ2v) is 13.1. The molecule has 4 nitrogen and oxygen atoms in total. The van der Waals surface area contributed by atoms with Gasteiger partial charge in [-0.1, -0.05) is 32.9 Å². The Morgan fingerprint density at radius 3 is 2.36 bits per heavy atom. The number of rotatable bonds is 10. The monoisotopic (exact) mass is 366 g/mol. The zero-order valence-electron chi connectivity index (χ0n) is 16.6. The number of hydrogen-bond donors (Lipinski definition) is 0. The largest absolute Gasteiger partial charge is 0.497 e. The standard InChI is InChI=1S/C20H34O4Si/c1-20(2,3)25(5,6)24-18(19-15-23-19)8-7-13-22-14-16-9-11-17(21-4)12-10-16/h9-12,18-19H,7-8,13-15H2,1-6H3/t18-,19-/m0/s1. The van der Waals surface area contributed by atoms with E-state index >= 15 is 0 Å². The van der Waals surface area contributed by atoms with Gasteiger partial charge in [0.05, 0.1) is 26.4 Å². The molecule has 0 amide bonds. The van der Waals surface area contributed by atoms with E-state index in [9.17, 15) is 0 Å². The molecule has 1 aliphatic heterocycles. The molecule has 1 aromatic rings. The summed E-state index contributed by atoms with van der Waals surface area (Å²) in [4.78, 5) is 0. The fourth-order valence-corrected chi connectivity index (χ4v) is 3.82. The number of ether oxygens (including phenoxy) is 3. The van der Waals surface area contributed by atoms with Gasteiger partial charge in [0.2, 0.25) is 0 Å². The van der Waals surface area contributed by atoms with E-state index in [1.807, 2.05) is 24.3 Å². The molecule has 1 fully saturated rings. The van der Waals surface area contributed by atoms with Gasteiger partial charge in [-0.05, 0) is 48.7 Å². The third-order valence-corrected chi connectivity index (χ3v) is 9.74. The van der Waals surface area contributed by atoms with Crippen LogP contribution in [0.25, 0.3) is 0 Å². The second-order valence-electron chi connectivity index (χ2n) is 8.33. The molecule has 0 unspecified atom stereocenters. The van der Waals surface area contributed by atoms with E-state index in [0.29, 0.717) is 6.61 Å². The molecular weight excluding hydrogens is 332 g/mol. The Hall–Kier alpha value is -0.883. The first-order valence-electron chi connectivity index (χ1n) is 9.23. The molecule has 0 radical (unpaired) electrons. The van der Waals surface area contributed by atoms with Crippen LogP contribution in [0.15, 0.2) is 24.3 Å². The first-order chi connectivity index (χ1) is 11.7. The number of benzene rings is 1. The van der Waals surface area contributed by atoms with Crippen LogP contribution in [0.5, 0.6) is 5.75 Å². The lowest BCUT2D eigenvalue weighted by atomic mass is 10.1. The average molecular weight is 367 g/mol. The molecule has 0 saturated carbocycles. The van der Waals surface area contributed by atoms with E-state index in [-0.39, 0.29) is 17.2 Å². The minimum atomic E-state index is -1.75. The maximum atomic E-state index is 6.56. The lowest BCUT2D eigenvalue weighted by Gasteiger charge is -2.39. The SMILES string of the molecule is COc1ccc(COCCC[C@H](O[Si](C)(C)C(C)(C)C)[C@@H]2CO2)cc1. The van der Waals surface area contributed by atoms with Crippen LogP contribution < -0.4 is 4.74 Å². The van der Waals surface area contributed by atoms with Gasteiger partial charge in [0.15, 0.2) is 8.32 Å². The van der Waals surface area contributed by atoms with Crippen LogP contribution in [-0.2, 0) is 20.5 Å². The summed E-state index contributed by atoms with van der Waals surface area (Å²) >= 11 is 0. The van der Waals surface area contributed by atoms with Gasteiger partial charge < -0.3 is 18.6 Å². The summed E-state index contributed by atoms with van der Waals surface area (Å²) in [5.74, 6) is 0.874. The smallest absolute Gasteiger partial charge is 0.192 e. The molecule has 0 bridgehead atoms. The van der Waals surface area contributed by atoms with Crippen LogP contribution in [0.1, 0.15) is 39.2 Å². The van der Waals surface area contributed by atoms with E-state index in [4.69, 9.17) is 18.6 Å². The zero-order valence-corrected chi connectivity index (χ0v) is 17.6. The van der Waals surface area contributed by atoms with E-state index < -0.39 is 8.32 Å². The molecule has 1 aromatic carbocycles.